The maximum absolute atomic E-state index is 13.6. The van der Waals surface area contributed by atoms with Crippen molar-refractivity contribution in [2.75, 3.05) is 0 Å². The van der Waals surface area contributed by atoms with E-state index in [9.17, 15) is 13.9 Å². The Balaban J connectivity index is 2.34. The van der Waals surface area contributed by atoms with Crippen LogP contribution < -0.4 is 0 Å². The van der Waals surface area contributed by atoms with Gasteiger partial charge < -0.3 is 5.11 Å². The number of phenols is 1. The van der Waals surface area contributed by atoms with Crippen molar-refractivity contribution in [1.29, 1.82) is 0 Å². The van der Waals surface area contributed by atoms with Crippen LogP contribution in [0.15, 0.2) is 6.07 Å². The van der Waals surface area contributed by atoms with E-state index >= 15 is 0 Å². The first-order chi connectivity index (χ1) is 7.63. The third-order valence-corrected chi connectivity index (χ3v) is 3.39. The molecule has 0 fully saturated rings. The molecule has 1 aliphatic carbocycles. The first kappa shape index (κ1) is 11.4. The van der Waals surface area contributed by atoms with E-state index in [1.807, 2.05) is 0 Å². The van der Waals surface area contributed by atoms with Crippen molar-refractivity contribution in [3.05, 3.63) is 28.8 Å². The number of aromatic hydroxyl groups is 1. The normalized spacial score (nSPS) is 19.6. The Morgan fingerprint density at radius 1 is 1.38 bits per heavy atom. The van der Waals surface area contributed by atoms with E-state index in [0.717, 1.165) is 31.2 Å². The van der Waals surface area contributed by atoms with Gasteiger partial charge in [0.15, 0.2) is 11.6 Å². The molecule has 3 heteroatoms. The van der Waals surface area contributed by atoms with Crippen LogP contribution in [-0.4, -0.2) is 5.11 Å². The van der Waals surface area contributed by atoms with E-state index in [2.05, 4.69) is 6.92 Å². The summed E-state index contributed by atoms with van der Waals surface area (Å²) in [4.78, 5) is 0. The Morgan fingerprint density at radius 2 is 2.12 bits per heavy atom. The number of fused-ring (bicyclic) bond motifs is 1. The zero-order valence-corrected chi connectivity index (χ0v) is 9.39. The van der Waals surface area contributed by atoms with Gasteiger partial charge in [-0.15, -0.1) is 0 Å². The Morgan fingerprint density at radius 3 is 2.81 bits per heavy atom. The van der Waals surface area contributed by atoms with Gasteiger partial charge in [0, 0.05) is 0 Å². The lowest BCUT2D eigenvalue weighted by atomic mass is 9.81. The lowest BCUT2D eigenvalue weighted by Crippen LogP contribution is -2.16. The number of rotatable bonds is 2. The summed E-state index contributed by atoms with van der Waals surface area (Å²) in [5, 5.41) is 9.21. The molecule has 0 radical (unpaired) electrons. The van der Waals surface area contributed by atoms with Gasteiger partial charge in [-0.2, -0.15) is 4.39 Å². The predicted molar refractivity (Wildman–Crippen MR) is 58.4 cm³/mol. The van der Waals surface area contributed by atoms with E-state index in [1.165, 1.54) is 6.07 Å². The fourth-order valence-corrected chi connectivity index (χ4v) is 2.55. The van der Waals surface area contributed by atoms with Gasteiger partial charge >= 0.3 is 0 Å². The Labute approximate surface area is 94.1 Å². The van der Waals surface area contributed by atoms with Gasteiger partial charge in [-0.05, 0) is 42.4 Å². The third kappa shape index (κ3) is 1.91. The van der Waals surface area contributed by atoms with Crippen molar-refractivity contribution in [2.45, 2.75) is 39.0 Å². The van der Waals surface area contributed by atoms with Crippen LogP contribution in [0.1, 0.15) is 37.3 Å². The summed E-state index contributed by atoms with van der Waals surface area (Å²) in [6.45, 7) is 2.10. The summed E-state index contributed by atoms with van der Waals surface area (Å²) in [6, 6.07) is 1.37. The highest BCUT2D eigenvalue weighted by Crippen LogP contribution is 2.34. The van der Waals surface area contributed by atoms with E-state index in [-0.39, 0.29) is 0 Å². The minimum Gasteiger partial charge on any atom is -0.505 e. The zero-order chi connectivity index (χ0) is 11.7. The van der Waals surface area contributed by atoms with Gasteiger partial charge in [0.05, 0.1) is 0 Å². The first-order valence-electron chi connectivity index (χ1n) is 5.82. The molecule has 1 nitrogen and oxygen atoms in total. The van der Waals surface area contributed by atoms with Crippen molar-refractivity contribution < 1.29 is 13.9 Å². The Kier molecular flexibility index (Phi) is 3.13. The predicted octanol–water partition coefficient (Wildman–Crippen LogP) is 3.58. The highest BCUT2D eigenvalue weighted by Gasteiger charge is 2.24. The van der Waals surface area contributed by atoms with E-state index in [4.69, 9.17) is 0 Å². The van der Waals surface area contributed by atoms with E-state index in [0.29, 0.717) is 17.9 Å². The lowest BCUT2D eigenvalue weighted by Gasteiger charge is -2.25. The molecule has 0 heterocycles. The molecule has 0 spiro atoms. The van der Waals surface area contributed by atoms with Crippen LogP contribution in [0.3, 0.4) is 0 Å². The van der Waals surface area contributed by atoms with Crippen LogP contribution in [-0.2, 0) is 12.8 Å². The Hall–Kier alpha value is -1.12. The van der Waals surface area contributed by atoms with Crippen LogP contribution in [0.5, 0.6) is 5.75 Å². The number of aryl methyl sites for hydroxylation is 1. The summed E-state index contributed by atoms with van der Waals surface area (Å²) in [6.07, 6.45) is 4.48. The van der Waals surface area contributed by atoms with Crippen LogP contribution in [0.4, 0.5) is 8.78 Å². The summed E-state index contributed by atoms with van der Waals surface area (Å²) < 4.78 is 26.8. The quantitative estimate of drug-likeness (QED) is 0.817. The minimum absolute atomic E-state index is 0.455. The fraction of sp³-hybridized carbons (Fsp3) is 0.538. The molecule has 88 valence electrons. The highest BCUT2D eigenvalue weighted by atomic mass is 19.2. The number of phenolic OH excluding ortho intramolecular Hbond substituents is 1. The fourth-order valence-electron chi connectivity index (χ4n) is 2.55. The second kappa shape index (κ2) is 4.40. The molecule has 1 aromatic carbocycles. The molecule has 0 amide bonds. The zero-order valence-electron chi connectivity index (χ0n) is 9.39. The first-order valence-corrected chi connectivity index (χ1v) is 5.82. The van der Waals surface area contributed by atoms with Gasteiger partial charge in [0.1, 0.15) is 0 Å². The second-order valence-electron chi connectivity index (χ2n) is 4.56. The van der Waals surface area contributed by atoms with Gasteiger partial charge in [0.2, 0.25) is 5.82 Å². The topological polar surface area (TPSA) is 20.2 Å². The standard InChI is InChI=1S/C13H16F2O/c1-2-3-8-4-5-9-7-11(16)13(15)12(14)10(9)6-8/h7-8,16H,2-6H2,1H3/t8-/m1/s1. The van der Waals surface area contributed by atoms with Crippen LogP contribution >= 0.6 is 0 Å². The van der Waals surface area contributed by atoms with Crippen molar-refractivity contribution in [3.8, 4) is 5.75 Å². The van der Waals surface area contributed by atoms with Gasteiger partial charge in [-0.25, -0.2) is 4.39 Å². The second-order valence-corrected chi connectivity index (χ2v) is 4.56. The molecule has 1 aromatic rings. The molecule has 1 atom stereocenters. The molecule has 0 saturated carbocycles. The average Bonchev–Trinajstić information content (AvgIpc) is 2.28. The van der Waals surface area contributed by atoms with Crippen molar-refractivity contribution in [3.63, 3.8) is 0 Å². The van der Waals surface area contributed by atoms with Crippen molar-refractivity contribution in [2.24, 2.45) is 5.92 Å². The molecule has 0 bridgehead atoms. The van der Waals surface area contributed by atoms with Gasteiger partial charge in [-0.3, -0.25) is 0 Å². The summed E-state index contributed by atoms with van der Waals surface area (Å²) in [7, 11) is 0. The van der Waals surface area contributed by atoms with Crippen molar-refractivity contribution >= 4 is 0 Å². The lowest BCUT2D eigenvalue weighted by molar-refractivity contribution is 0.377. The van der Waals surface area contributed by atoms with E-state index in [1.54, 1.807) is 0 Å². The molecule has 1 aliphatic rings. The molecule has 0 saturated heterocycles. The number of hydrogen-bond acceptors (Lipinski definition) is 1. The summed E-state index contributed by atoms with van der Waals surface area (Å²) >= 11 is 0. The van der Waals surface area contributed by atoms with E-state index < -0.39 is 17.4 Å². The Bertz CT molecular complexity index is 401. The SMILES string of the molecule is CCC[C@@H]1CCc2cc(O)c(F)c(F)c2C1. The average molecular weight is 226 g/mol. The molecule has 0 aromatic heterocycles. The maximum Gasteiger partial charge on any atom is 0.200 e. The smallest absolute Gasteiger partial charge is 0.200 e. The van der Waals surface area contributed by atoms with Crippen LogP contribution in [0.25, 0.3) is 0 Å². The summed E-state index contributed by atoms with van der Waals surface area (Å²) in [5.41, 5.74) is 1.24. The molecular weight excluding hydrogens is 210 g/mol. The number of halogens is 2. The van der Waals surface area contributed by atoms with Crippen molar-refractivity contribution in [1.82, 2.24) is 0 Å². The molecule has 16 heavy (non-hydrogen) atoms. The number of benzene rings is 1. The maximum atomic E-state index is 13.6. The number of hydrogen-bond donors (Lipinski definition) is 1. The largest absolute Gasteiger partial charge is 0.505 e. The van der Waals surface area contributed by atoms with Gasteiger partial charge in [-0.1, -0.05) is 19.8 Å². The molecule has 0 aliphatic heterocycles. The van der Waals surface area contributed by atoms with Gasteiger partial charge in [0.25, 0.3) is 0 Å². The molecule has 2 rings (SSSR count). The molecule has 1 N–H and O–H groups in total. The minimum atomic E-state index is -1.10. The van der Waals surface area contributed by atoms with Crippen LogP contribution in [0.2, 0.25) is 0 Å². The molecule has 0 unspecified atom stereocenters. The third-order valence-electron chi connectivity index (χ3n) is 3.39. The molecular formula is C13H16F2O. The monoisotopic (exact) mass is 226 g/mol. The summed E-state index contributed by atoms with van der Waals surface area (Å²) in [5.74, 6) is -2.06. The van der Waals surface area contributed by atoms with Crippen LogP contribution in [0, 0.1) is 17.6 Å². The highest BCUT2D eigenvalue weighted by molar-refractivity contribution is 5.39.